The normalized spacial score (nSPS) is 10.9. The van der Waals surface area contributed by atoms with Crippen molar-refractivity contribution in [1.29, 1.82) is 0 Å². The molecule has 0 radical (unpaired) electrons. The number of hydrogen-bond donors (Lipinski definition) is 1. The van der Waals surface area contributed by atoms with Crippen LogP contribution in [0.25, 0.3) is 0 Å². The van der Waals surface area contributed by atoms with Crippen molar-refractivity contribution in [2.45, 2.75) is 58.6 Å². The smallest absolute Gasteiger partial charge is 0.127 e. The number of nitrogens with two attached hydrogens (primary N) is 1. The molecule has 0 amide bonds. The maximum Gasteiger partial charge on any atom is 0.127 e. The Hall–Kier alpha value is -0.930. The van der Waals surface area contributed by atoms with Crippen molar-refractivity contribution < 1.29 is 9.13 Å². The van der Waals surface area contributed by atoms with E-state index in [2.05, 4.69) is 6.92 Å². The second-order valence-electron chi connectivity index (χ2n) is 4.95. The molecule has 0 spiro atoms. The maximum absolute atomic E-state index is 13.2. The summed E-state index contributed by atoms with van der Waals surface area (Å²) >= 11 is 0. The lowest BCUT2D eigenvalue weighted by Crippen LogP contribution is -2.02. The third-order valence-electron chi connectivity index (χ3n) is 3.24. The van der Waals surface area contributed by atoms with E-state index in [4.69, 9.17) is 10.5 Å². The first-order valence-electron chi connectivity index (χ1n) is 7.33. The second-order valence-corrected chi connectivity index (χ2v) is 4.95. The van der Waals surface area contributed by atoms with E-state index in [9.17, 15) is 4.39 Å². The van der Waals surface area contributed by atoms with Gasteiger partial charge in [-0.25, -0.2) is 4.39 Å². The van der Waals surface area contributed by atoms with Gasteiger partial charge >= 0.3 is 0 Å². The third kappa shape index (κ3) is 6.69. The minimum atomic E-state index is -0.234. The highest BCUT2D eigenvalue weighted by molar-refractivity contribution is 5.24. The number of benzene rings is 1. The van der Waals surface area contributed by atoms with Crippen molar-refractivity contribution >= 4 is 0 Å². The van der Waals surface area contributed by atoms with Crippen LogP contribution in [0.2, 0.25) is 0 Å². The van der Waals surface area contributed by atoms with Crippen LogP contribution in [0, 0.1) is 5.82 Å². The van der Waals surface area contributed by atoms with E-state index in [0.29, 0.717) is 12.2 Å². The summed E-state index contributed by atoms with van der Waals surface area (Å²) in [5, 5.41) is 0. The zero-order chi connectivity index (χ0) is 13.9. The van der Waals surface area contributed by atoms with Crippen LogP contribution in [0.5, 0.6) is 0 Å². The third-order valence-corrected chi connectivity index (χ3v) is 3.24. The summed E-state index contributed by atoms with van der Waals surface area (Å²) < 4.78 is 18.8. The monoisotopic (exact) mass is 267 g/mol. The van der Waals surface area contributed by atoms with Gasteiger partial charge < -0.3 is 10.5 Å². The molecule has 0 bridgehead atoms. The zero-order valence-electron chi connectivity index (χ0n) is 12.0. The molecule has 2 nitrogen and oxygen atoms in total. The Bertz CT molecular complexity index is 355. The Balaban J connectivity index is 2.12. The maximum atomic E-state index is 13.2. The molecule has 0 heterocycles. The van der Waals surface area contributed by atoms with Crippen LogP contribution in [0.15, 0.2) is 18.2 Å². The summed E-state index contributed by atoms with van der Waals surface area (Å²) in [5.41, 5.74) is 7.02. The second kappa shape index (κ2) is 9.93. The molecule has 3 heteroatoms. The van der Waals surface area contributed by atoms with Crippen LogP contribution < -0.4 is 5.73 Å². The number of unbranched alkanes of at least 4 members (excludes halogenated alkanes) is 5. The van der Waals surface area contributed by atoms with Crippen molar-refractivity contribution in [1.82, 2.24) is 0 Å². The van der Waals surface area contributed by atoms with Gasteiger partial charge in [-0.15, -0.1) is 0 Å². The molecule has 0 aliphatic heterocycles. The van der Waals surface area contributed by atoms with Gasteiger partial charge in [0.25, 0.3) is 0 Å². The van der Waals surface area contributed by atoms with E-state index < -0.39 is 0 Å². The van der Waals surface area contributed by atoms with Gasteiger partial charge in [0.15, 0.2) is 0 Å². The molecule has 0 aromatic heterocycles. The Morgan fingerprint density at radius 1 is 1.11 bits per heavy atom. The predicted molar refractivity (Wildman–Crippen MR) is 77.3 cm³/mol. The van der Waals surface area contributed by atoms with Crippen molar-refractivity contribution in [3.8, 4) is 0 Å². The standard InChI is InChI=1S/C16H26FNO/c1-2-3-4-5-6-7-10-19-13-14-8-9-16(17)15(11-14)12-18/h8-9,11H,2-7,10,12-13,18H2,1H3. The van der Waals surface area contributed by atoms with E-state index in [1.165, 1.54) is 38.2 Å². The highest BCUT2D eigenvalue weighted by atomic mass is 19.1. The Kier molecular flexibility index (Phi) is 8.43. The molecule has 19 heavy (non-hydrogen) atoms. The summed E-state index contributed by atoms with van der Waals surface area (Å²) in [6.45, 7) is 3.78. The fourth-order valence-electron chi connectivity index (χ4n) is 2.05. The highest BCUT2D eigenvalue weighted by Gasteiger charge is 2.02. The number of halogens is 1. The van der Waals surface area contributed by atoms with E-state index in [1.54, 1.807) is 12.1 Å². The lowest BCUT2D eigenvalue weighted by molar-refractivity contribution is 0.116. The van der Waals surface area contributed by atoms with Crippen LogP contribution in [-0.4, -0.2) is 6.61 Å². The summed E-state index contributed by atoms with van der Waals surface area (Å²) in [6, 6.07) is 5.01. The van der Waals surface area contributed by atoms with Crippen molar-refractivity contribution in [3.63, 3.8) is 0 Å². The SMILES string of the molecule is CCCCCCCCOCc1ccc(F)c(CN)c1. The molecule has 1 rings (SSSR count). The summed E-state index contributed by atoms with van der Waals surface area (Å²) in [7, 11) is 0. The topological polar surface area (TPSA) is 35.2 Å². The minimum Gasteiger partial charge on any atom is -0.377 e. The number of hydrogen-bond acceptors (Lipinski definition) is 2. The lowest BCUT2D eigenvalue weighted by Gasteiger charge is -2.07. The molecule has 1 aromatic rings. The molecule has 108 valence electrons. The molecule has 1 aromatic carbocycles. The van der Waals surface area contributed by atoms with E-state index >= 15 is 0 Å². The first-order valence-corrected chi connectivity index (χ1v) is 7.33. The van der Waals surface area contributed by atoms with Crippen LogP contribution in [0.4, 0.5) is 4.39 Å². The summed E-state index contributed by atoms with van der Waals surface area (Å²) in [6.07, 6.45) is 7.58. The molecule has 0 saturated carbocycles. The van der Waals surface area contributed by atoms with Crippen LogP contribution in [-0.2, 0) is 17.9 Å². The van der Waals surface area contributed by atoms with Gasteiger partial charge in [0.1, 0.15) is 5.82 Å². The minimum absolute atomic E-state index is 0.233. The fraction of sp³-hybridized carbons (Fsp3) is 0.625. The van der Waals surface area contributed by atoms with Crippen molar-refractivity contribution in [3.05, 3.63) is 35.1 Å². The van der Waals surface area contributed by atoms with E-state index in [0.717, 1.165) is 18.6 Å². The zero-order valence-corrected chi connectivity index (χ0v) is 12.0. The molecule has 0 aliphatic carbocycles. The first-order chi connectivity index (χ1) is 9.27. The average molecular weight is 267 g/mol. The molecular formula is C16H26FNO. The van der Waals surface area contributed by atoms with Crippen molar-refractivity contribution in [2.24, 2.45) is 5.73 Å². The Morgan fingerprint density at radius 2 is 1.84 bits per heavy atom. The van der Waals surface area contributed by atoms with Gasteiger partial charge in [-0.3, -0.25) is 0 Å². The Labute approximate surface area is 116 Å². The van der Waals surface area contributed by atoms with E-state index in [-0.39, 0.29) is 12.4 Å². The molecule has 0 atom stereocenters. The largest absolute Gasteiger partial charge is 0.377 e. The fourth-order valence-corrected chi connectivity index (χ4v) is 2.05. The van der Waals surface area contributed by atoms with Gasteiger partial charge in [-0.2, -0.15) is 0 Å². The van der Waals surface area contributed by atoms with Gasteiger partial charge in [0.2, 0.25) is 0 Å². The first kappa shape index (κ1) is 16.1. The van der Waals surface area contributed by atoms with Crippen LogP contribution in [0.1, 0.15) is 56.6 Å². The van der Waals surface area contributed by atoms with Gasteiger partial charge in [0, 0.05) is 18.7 Å². The van der Waals surface area contributed by atoms with Crippen LogP contribution in [0.3, 0.4) is 0 Å². The van der Waals surface area contributed by atoms with Gasteiger partial charge in [-0.05, 0) is 24.1 Å². The molecular weight excluding hydrogens is 241 g/mol. The number of ether oxygens (including phenoxy) is 1. The summed E-state index contributed by atoms with van der Waals surface area (Å²) in [5.74, 6) is -0.234. The van der Waals surface area contributed by atoms with Gasteiger partial charge in [-0.1, -0.05) is 45.1 Å². The quantitative estimate of drug-likeness (QED) is 0.646. The van der Waals surface area contributed by atoms with Gasteiger partial charge in [0.05, 0.1) is 6.61 Å². The molecule has 0 aliphatic rings. The van der Waals surface area contributed by atoms with Crippen molar-refractivity contribution in [2.75, 3.05) is 6.61 Å². The van der Waals surface area contributed by atoms with E-state index in [1.807, 2.05) is 0 Å². The van der Waals surface area contributed by atoms with Crippen LogP contribution >= 0.6 is 0 Å². The number of rotatable bonds is 10. The molecule has 0 unspecified atom stereocenters. The lowest BCUT2D eigenvalue weighted by atomic mass is 10.1. The molecule has 0 saturated heterocycles. The predicted octanol–water partition coefficient (Wildman–Crippen LogP) is 4.16. The Morgan fingerprint density at radius 3 is 2.58 bits per heavy atom. The highest BCUT2D eigenvalue weighted by Crippen LogP contribution is 2.11. The average Bonchev–Trinajstić information content (AvgIpc) is 2.43. The molecule has 2 N–H and O–H groups in total. The summed E-state index contributed by atoms with van der Waals surface area (Å²) in [4.78, 5) is 0. The molecule has 0 fully saturated rings.